The van der Waals surface area contributed by atoms with Gasteiger partial charge in [-0.2, -0.15) is 0 Å². The van der Waals surface area contributed by atoms with Crippen LogP contribution in [0.3, 0.4) is 0 Å². The second-order valence-electron chi connectivity index (χ2n) is 5.33. The van der Waals surface area contributed by atoms with Gasteiger partial charge in [0.15, 0.2) is 0 Å². The lowest BCUT2D eigenvalue weighted by atomic mass is 10.1. The minimum absolute atomic E-state index is 0.129. The van der Waals surface area contributed by atoms with Crippen molar-refractivity contribution in [3.8, 4) is 0 Å². The lowest BCUT2D eigenvalue weighted by Gasteiger charge is -2.30. The molecule has 0 radical (unpaired) electrons. The first-order chi connectivity index (χ1) is 9.79. The minimum atomic E-state index is 0.129. The standard InChI is InChI=1S/C15H20N4O/c16-11-5-6-14-13(9-11)15(18-10-17-14)19(7-8-20)12-3-1-2-4-12/h5-6,9-10,12,20H,1-4,7-8,16H2. The molecule has 1 saturated carbocycles. The molecule has 1 heterocycles. The summed E-state index contributed by atoms with van der Waals surface area (Å²) in [5.41, 5.74) is 7.50. The number of fused-ring (bicyclic) bond motifs is 1. The molecule has 3 rings (SSSR count). The molecule has 0 bridgehead atoms. The molecule has 0 unspecified atom stereocenters. The molecule has 106 valence electrons. The normalized spacial score (nSPS) is 15.8. The number of aliphatic hydroxyl groups is 1. The molecule has 20 heavy (non-hydrogen) atoms. The molecular formula is C15H20N4O. The van der Waals surface area contributed by atoms with Gasteiger partial charge in [-0.05, 0) is 31.0 Å². The summed E-state index contributed by atoms with van der Waals surface area (Å²) in [5.74, 6) is 0.892. The first-order valence-electron chi connectivity index (χ1n) is 7.17. The number of anilines is 2. The fourth-order valence-electron chi connectivity index (χ4n) is 3.07. The van der Waals surface area contributed by atoms with Crippen LogP contribution >= 0.6 is 0 Å². The molecule has 1 aliphatic rings. The summed E-state index contributed by atoms with van der Waals surface area (Å²) < 4.78 is 0. The van der Waals surface area contributed by atoms with E-state index < -0.39 is 0 Å². The van der Waals surface area contributed by atoms with E-state index in [1.807, 2.05) is 18.2 Å². The molecule has 1 aromatic carbocycles. The van der Waals surface area contributed by atoms with Crippen LogP contribution in [0.25, 0.3) is 10.9 Å². The largest absolute Gasteiger partial charge is 0.399 e. The second-order valence-corrected chi connectivity index (χ2v) is 5.33. The summed E-state index contributed by atoms with van der Waals surface area (Å²) >= 11 is 0. The third-order valence-electron chi connectivity index (χ3n) is 4.02. The number of hydrogen-bond donors (Lipinski definition) is 2. The number of hydrogen-bond acceptors (Lipinski definition) is 5. The van der Waals surface area contributed by atoms with Crippen molar-refractivity contribution in [1.82, 2.24) is 9.97 Å². The summed E-state index contributed by atoms with van der Waals surface area (Å²) in [4.78, 5) is 11.0. The smallest absolute Gasteiger partial charge is 0.140 e. The topological polar surface area (TPSA) is 75.3 Å². The summed E-state index contributed by atoms with van der Waals surface area (Å²) in [6.45, 7) is 0.732. The van der Waals surface area contributed by atoms with E-state index in [1.54, 1.807) is 6.33 Å². The minimum Gasteiger partial charge on any atom is -0.399 e. The summed E-state index contributed by atoms with van der Waals surface area (Å²) in [6, 6.07) is 6.15. The first kappa shape index (κ1) is 13.1. The van der Waals surface area contributed by atoms with Crippen molar-refractivity contribution < 1.29 is 5.11 Å². The van der Waals surface area contributed by atoms with Crippen molar-refractivity contribution in [2.75, 3.05) is 23.8 Å². The van der Waals surface area contributed by atoms with Gasteiger partial charge in [-0.1, -0.05) is 12.8 Å². The number of aliphatic hydroxyl groups excluding tert-OH is 1. The predicted octanol–water partition coefficient (Wildman–Crippen LogP) is 1.95. The van der Waals surface area contributed by atoms with Crippen molar-refractivity contribution >= 4 is 22.4 Å². The maximum atomic E-state index is 9.38. The van der Waals surface area contributed by atoms with Crippen LogP contribution in [0.15, 0.2) is 24.5 Å². The molecule has 1 aliphatic carbocycles. The predicted molar refractivity (Wildman–Crippen MR) is 80.6 cm³/mol. The Morgan fingerprint density at radius 3 is 2.80 bits per heavy atom. The quantitative estimate of drug-likeness (QED) is 0.832. The lowest BCUT2D eigenvalue weighted by Crippen LogP contribution is -2.36. The van der Waals surface area contributed by atoms with Gasteiger partial charge in [0.1, 0.15) is 12.1 Å². The number of benzene rings is 1. The zero-order valence-corrected chi connectivity index (χ0v) is 11.5. The van der Waals surface area contributed by atoms with Gasteiger partial charge in [0.2, 0.25) is 0 Å². The van der Waals surface area contributed by atoms with Crippen LogP contribution in [0.5, 0.6) is 0 Å². The van der Waals surface area contributed by atoms with Crippen LogP contribution < -0.4 is 10.6 Å². The van der Waals surface area contributed by atoms with E-state index in [2.05, 4.69) is 14.9 Å². The number of rotatable bonds is 4. The van der Waals surface area contributed by atoms with Gasteiger partial charge in [0, 0.05) is 23.7 Å². The summed E-state index contributed by atoms with van der Waals surface area (Å²) in [6.07, 6.45) is 6.41. The first-order valence-corrected chi connectivity index (χ1v) is 7.17. The van der Waals surface area contributed by atoms with Crippen LogP contribution in [0.2, 0.25) is 0 Å². The van der Waals surface area contributed by atoms with Crippen molar-refractivity contribution in [2.45, 2.75) is 31.7 Å². The van der Waals surface area contributed by atoms with Crippen LogP contribution in [0.4, 0.5) is 11.5 Å². The van der Waals surface area contributed by atoms with Gasteiger partial charge in [0.25, 0.3) is 0 Å². The Morgan fingerprint density at radius 2 is 2.05 bits per heavy atom. The Kier molecular flexibility index (Phi) is 3.69. The second kappa shape index (κ2) is 5.63. The molecule has 3 N–H and O–H groups in total. The summed E-state index contributed by atoms with van der Waals surface area (Å²) in [7, 11) is 0. The fourth-order valence-corrected chi connectivity index (χ4v) is 3.07. The van der Waals surface area contributed by atoms with Crippen molar-refractivity contribution in [3.63, 3.8) is 0 Å². The number of aromatic nitrogens is 2. The zero-order valence-electron chi connectivity index (χ0n) is 11.5. The van der Waals surface area contributed by atoms with Gasteiger partial charge < -0.3 is 15.7 Å². The molecule has 1 fully saturated rings. The highest BCUT2D eigenvalue weighted by Crippen LogP contribution is 2.31. The highest BCUT2D eigenvalue weighted by Gasteiger charge is 2.24. The van der Waals surface area contributed by atoms with E-state index in [9.17, 15) is 5.11 Å². The number of nitrogens with zero attached hydrogens (tertiary/aromatic N) is 3. The third-order valence-corrected chi connectivity index (χ3v) is 4.02. The van der Waals surface area contributed by atoms with Crippen molar-refractivity contribution in [1.29, 1.82) is 0 Å². The van der Waals surface area contributed by atoms with E-state index in [-0.39, 0.29) is 6.61 Å². The Hall–Kier alpha value is -1.88. The third kappa shape index (κ3) is 2.41. The van der Waals surface area contributed by atoms with E-state index in [4.69, 9.17) is 5.73 Å². The zero-order chi connectivity index (χ0) is 13.9. The highest BCUT2D eigenvalue weighted by atomic mass is 16.3. The Morgan fingerprint density at radius 1 is 1.25 bits per heavy atom. The fraction of sp³-hybridized carbons (Fsp3) is 0.467. The van der Waals surface area contributed by atoms with Crippen LogP contribution in [0.1, 0.15) is 25.7 Å². The van der Waals surface area contributed by atoms with Gasteiger partial charge in [0.05, 0.1) is 12.1 Å². The molecule has 0 aliphatic heterocycles. The van der Waals surface area contributed by atoms with Gasteiger partial charge in [-0.25, -0.2) is 9.97 Å². The average molecular weight is 272 g/mol. The molecular weight excluding hydrogens is 252 g/mol. The molecule has 0 atom stereocenters. The van der Waals surface area contributed by atoms with E-state index in [0.29, 0.717) is 18.3 Å². The monoisotopic (exact) mass is 272 g/mol. The van der Waals surface area contributed by atoms with Crippen molar-refractivity contribution in [2.24, 2.45) is 0 Å². The van der Waals surface area contributed by atoms with Crippen LogP contribution in [0, 0.1) is 0 Å². The Bertz CT molecular complexity index is 595. The molecule has 1 aromatic heterocycles. The highest BCUT2D eigenvalue weighted by molar-refractivity contribution is 5.91. The van der Waals surface area contributed by atoms with Gasteiger partial charge in [-0.3, -0.25) is 0 Å². The molecule has 0 saturated heterocycles. The van der Waals surface area contributed by atoms with E-state index >= 15 is 0 Å². The number of nitrogens with two attached hydrogens (primary N) is 1. The van der Waals surface area contributed by atoms with Crippen LogP contribution in [-0.2, 0) is 0 Å². The molecule has 0 amide bonds. The molecule has 5 nitrogen and oxygen atoms in total. The van der Waals surface area contributed by atoms with Gasteiger partial charge in [-0.15, -0.1) is 0 Å². The Balaban J connectivity index is 2.07. The lowest BCUT2D eigenvalue weighted by molar-refractivity contribution is 0.297. The van der Waals surface area contributed by atoms with Gasteiger partial charge >= 0.3 is 0 Å². The average Bonchev–Trinajstić information content (AvgIpc) is 2.98. The SMILES string of the molecule is Nc1ccc2ncnc(N(CCO)C3CCCC3)c2c1. The van der Waals surface area contributed by atoms with E-state index in [0.717, 1.165) is 29.6 Å². The maximum absolute atomic E-state index is 9.38. The number of nitrogen functional groups attached to an aromatic ring is 1. The Labute approximate surface area is 118 Å². The molecule has 0 spiro atoms. The summed E-state index contributed by atoms with van der Waals surface area (Å²) in [5, 5.41) is 10.3. The van der Waals surface area contributed by atoms with Crippen molar-refractivity contribution in [3.05, 3.63) is 24.5 Å². The molecule has 5 heteroatoms. The van der Waals surface area contributed by atoms with E-state index in [1.165, 1.54) is 12.8 Å². The maximum Gasteiger partial charge on any atom is 0.140 e. The van der Waals surface area contributed by atoms with Crippen LogP contribution in [-0.4, -0.2) is 34.3 Å². The molecule has 2 aromatic rings.